The van der Waals surface area contributed by atoms with E-state index in [9.17, 15) is 14.4 Å². The van der Waals surface area contributed by atoms with Gasteiger partial charge in [0.1, 0.15) is 11.3 Å². The second-order valence-electron chi connectivity index (χ2n) is 13.2. The zero-order valence-electron chi connectivity index (χ0n) is 28.3. The quantitative estimate of drug-likeness (QED) is 0.278. The average molecular weight is 594 g/mol. The molecule has 1 fully saturated rings. The maximum Gasteiger partial charge on any atom is 0.410 e. The lowest BCUT2D eigenvalue weighted by Crippen LogP contribution is -2.50. The summed E-state index contributed by atoms with van der Waals surface area (Å²) in [4.78, 5) is 43.2. The number of nitrogens with one attached hydrogen (secondary N) is 1. The number of likely N-dealkylation sites (N-methyl/N-ethyl adjacent to an activating group) is 1. The number of ketones is 2. The van der Waals surface area contributed by atoms with Gasteiger partial charge in [-0.15, -0.1) is 0 Å². The molecule has 1 saturated carbocycles. The molecule has 43 heavy (non-hydrogen) atoms. The first-order chi connectivity index (χ1) is 20.2. The maximum absolute atomic E-state index is 12.6. The number of nitrogens with zero attached hydrogens (tertiary/aromatic N) is 2. The Hall–Kier alpha value is -3.22. The molecule has 1 aliphatic rings. The van der Waals surface area contributed by atoms with Gasteiger partial charge in [-0.1, -0.05) is 78.1 Å². The van der Waals surface area contributed by atoms with Crippen LogP contribution in [-0.2, 0) is 16.0 Å². The minimum absolute atomic E-state index is 0.0563. The molecular formula is C36H55N3O4. The summed E-state index contributed by atoms with van der Waals surface area (Å²) in [5.74, 6) is 0.368. The summed E-state index contributed by atoms with van der Waals surface area (Å²) in [5, 5.41) is 3.27. The van der Waals surface area contributed by atoms with Crippen LogP contribution in [0.15, 0.2) is 36.5 Å². The Morgan fingerprint density at radius 3 is 2.16 bits per heavy atom. The zero-order chi connectivity index (χ0) is 32.3. The number of Topliss-reactive ketones (excluding diaryl/α,β-unsaturated/α-hetero) is 2. The van der Waals surface area contributed by atoms with Crippen LogP contribution in [0.25, 0.3) is 11.1 Å². The molecule has 0 bridgehead atoms. The first-order valence-electron chi connectivity index (χ1n) is 16.1. The molecule has 0 aliphatic heterocycles. The molecule has 7 heteroatoms. The smallest absolute Gasteiger partial charge is 0.410 e. The number of carbonyl (C=O) groups is 3. The Kier molecular flexibility index (Phi) is 13.9. The molecule has 0 saturated heterocycles. The number of aromatic nitrogens is 1. The fraction of sp³-hybridized carbons (Fsp3) is 0.611. The van der Waals surface area contributed by atoms with Crippen LogP contribution in [0.5, 0.6) is 0 Å². The number of hydrogen-bond acceptors (Lipinski definition) is 6. The van der Waals surface area contributed by atoms with Crippen LogP contribution in [0.2, 0.25) is 0 Å². The average Bonchev–Trinajstić information content (AvgIpc) is 2.97. The second kappa shape index (κ2) is 16.6. The van der Waals surface area contributed by atoms with Crippen molar-refractivity contribution in [2.75, 3.05) is 18.9 Å². The SMILES string of the molecule is CC(C)C(=O)C(C1CCCCC1)N(C)C(=O)OC(C)(C)C.CCNc1cc(-c2cccc(CC)c2)cnc1C(=O)C(C)C. The fourth-order valence-corrected chi connectivity index (χ4v) is 5.37. The number of pyridine rings is 1. The summed E-state index contributed by atoms with van der Waals surface area (Å²) < 4.78 is 5.44. The Balaban J connectivity index is 0.000000301. The Morgan fingerprint density at radius 2 is 1.63 bits per heavy atom. The van der Waals surface area contributed by atoms with Gasteiger partial charge < -0.3 is 15.0 Å². The number of aryl methyl sites for hydroxylation is 1. The van der Waals surface area contributed by atoms with Crippen LogP contribution in [0.1, 0.15) is 110 Å². The van der Waals surface area contributed by atoms with E-state index < -0.39 is 11.7 Å². The van der Waals surface area contributed by atoms with E-state index in [0.717, 1.165) is 55.5 Å². The summed E-state index contributed by atoms with van der Waals surface area (Å²) in [6, 6.07) is 10.1. The zero-order valence-corrected chi connectivity index (χ0v) is 28.3. The van der Waals surface area contributed by atoms with Gasteiger partial charge in [0.2, 0.25) is 0 Å². The minimum Gasteiger partial charge on any atom is -0.444 e. The van der Waals surface area contributed by atoms with Gasteiger partial charge in [-0.2, -0.15) is 0 Å². The normalized spacial score (nSPS) is 14.5. The summed E-state index contributed by atoms with van der Waals surface area (Å²) in [6.07, 6.45) is 7.98. The van der Waals surface area contributed by atoms with E-state index >= 15 is 0 Å². The number of ether oxygens (including phenoxy) is 1. The van der Waals surface area contributed by atoms with Crippen molar-refractivity contribution in [3.8, 4) is 11.1 Å². The number of hydrogen-bond donors (Lipinski definition) is 1. The molecule has 1 aliphatic carbocycles. The van der Waals surface area contributed by atoms with Crippen LogP contribution in [0.4, 0.5) is 10.5 Å². The van der Waals surface area contributed by atoms with Crippen molar-refractivity contribution < 1.29 is 19.1 Å². The molecule has 1 aromatic heterocycles. The first-order valence-corrected chi connectivity index (χ1v) is 16.1. The van der Waals surface area contributed by atoms with E-state index in [1.54, 1.807) is 13.2 Å². The molecule has 1 amide bonds. The van der Waals surface area contributed by atoms with Crippen molar-refractivity contribution >= 4 is 23.3 Å². The topological polar surface area (TPSA) is 88.6 Å². The number of anilines is 1. The molecule has 1 atom stereocenters. The third-order valence-corrected chi connectivity index (χ3v) is 7.74. The second-order valence-corrected chi connectivity index (χ2v) is 13.2. The van der Waals surface area contributed by atoms with E-state index in [0.29, 0.717) is 5.69 Å². The molecule has 3 rings (SSSR count). The molecule has 2 aromatic rings. The van der Waals surface area contributed by atoms with Gasteiger partial charge in [0.15, 0.2) is 11.6 Å². The number of rotatable bonds is 10. The molecule has 1 N–H and O–H groups in total. The van der Waals surface area contributed by atoms with Crippen LogP contribution in [-0.4, -0.2) is 52.8 Å². The molecule has 0 spiro atoms. The lowest BCUT2D eigenvalue weighted by molar-refractivity contribution is -0.129. The van der Waals surface area contributed by atoms with Gasteiger partial charge in [0.05, 0.1) is 11.7 Å². The highest BCUT2D eigenvalue weighted by Crippen LogP contribution is 2.31. The van der Waals surface area contributed by atoms with Gasteiger partial charge in [-0.25, -0.2) is 4.79 Å². The van der Waals surface area contributed by atoms with Crippen molar-refractivity contribution in [1.29, 1.82) is 0 Å². The summed E-state index contributed by atoms with van der Waals surface area (Å²) in [5.41, 5.74) is 4.28. The molecular weight excluding hydrogens is 538 g/mol. The third kappa shape index (κ3) is 10.8. The summed E-state index contributed by atoms with van der Waals surface area (Å²) in [7, 11) is 1.70. The van der Waals surface area contributed by atoms with Crippen LogP contribution < -0.4 is 5.32 Å². The first kappa shape index (κ1) is 36.0. The Morgan fingerprint density at radius 1 is 0.977 bits per heavy atom. The number of benzene rings is 1. The van der Waals surface area contributed by atoms with E-state index in [1.807, 2.05) is 61.5 Å². The van der Waals surface area contributed by atoms with E-state index in [4.69, 9.17) is 4.74 Å². The van der Waals surface area contributed by atoms with Crippen LogP contribution in [0.3, 0.4) is 0 Å². The van der Waals surface area contributed by atoms with Crippen LogP contribution in [0, 0.1) is 17.8 Å². The highest BCUT2D eigenvalue weighted by atomic mass is 16.6. The predicted molar refractivity (Wildman–Crippen MR) is 177 cm³/mol. The van der Waals surface area contributed by atoms with Crippen LogP contribution >= 0.6 is 0 Å². The van der Waals surface area contributed by atoms with Gasteiger partial charge in [-0.05, 0) is 70.1 Å². The lowest BCUT2D eigenvalue weighted by Gasteiger charge is -2.37. The molecule has 1 unspecified atom stereocenters. The molecule has 0 radical (unpaired) electrons. The molecule has 1 heterocycles. The number of amides is 1. The molecule has 7 nitrogen and oxygen atoms in total. The molecule has 1 aromatic carbocycles. The third-order valence-electron chi connectivity index (χ3n) is 7.74. The Labute approximate surface area is 260 Å². The van der Waals surface area contributed by atoms with E-state index in [2.05, 4.69) is 41.5 Å². The highest BCUT2D eigenvalue weighted by Gasteiger charge is 2.37. The van der Waals surface area contributed by atoms with E-state index in [1.165, 1.54) is 16.9 Å². The van der Waals surface area contributed by atoms with Crippen molar-refractivity contribution in [3.05, 3.63) is 47.8 Å². The summed E-state index contributed by atoms with van der Waals surface area (Å²) in [6.45, 7) is 18.1. The monoisotopic (exact) mass is 593 g/mol. The molecule has 238 valence electrons. The minimum atomic E-state index is -0.538. The standard InChI is InChI=1S/C19H24N2O.C17H31NO3/c1-5-14-8-7-9-15(10-14)16-11-17(20-6-2)18(21-12-16)19(22)13(3)4;1-12(2)15(19)14(13-10-8-7-9-11-13)18(6)16(20)21-17(3,4)5/h7-13,20H,5-6H2,1-4H3;12-14H,7-11H2,1-6H3. The van der Waals surface area contributed by atoms with Gasteiger partial charge in [0.25, 0.3) is 0 Å². The predicted octanol–water partition coefficient (Wildman–Crippen LogP) is 8.61. The fourth-order valence-electron chi connectivity index (χ4n) is 5.37. The van der Waals surface area contributed by atoms with Crippen molar-refractivity contribution in [3.63, 3.8) is 0 Å². The maximum atomic E-state index is 12.6. The number of carbonyl (C=O) groups excluding carboxylic acids is 3. The lowest BCUT2D eigenvalue weighted by atomic mass is 9.79. The largest absolute Gasteiger partial charge is 0.444 e. The Bertz CT molecular complexity index is 1210. The van der Waals surface area contributed by atoms with Gasteiger partial charge >= 0.3 is 6.09 Å². The van der Waals surface area contributed by atoms with Crippen molar-refractivity contribution in [2.24, 2.45) is 17.8 Å². The van der Waals surface area contributed by atoms with Gasteiger partial charge in [-0.3, -0.25) is 14.6 Å². The van der Waals surface area contributed by atoms with E-state index in [-0.39, 0.29) is 35.4 Å². The van der Waals surface area contributed by atoms with Gasteiger partial charge in [0, 0.05) is 37.2 Å². The highest BCUT2D eigenvalue weighted by molar-refractivity contribution is 6.01. The van der Waals surface area contributed by atoms with Crippen molar-refractivity contribution in [1.82, 2.24) is 9.88 Å². The van der Waals surface area contributed by atoms with Crippen molar-refractivity contribution in [2.45, 2.75) is 112 Å². The summed E-state index contributed by atoms with van der Waals surface area (Å²) >= 11 is 0.